The zero-order valence-corrected chi connectivity index (χ0v) is 23.6. The van der Waals surface area contributed by atoms with Gasteiger partial charge in [0.25, 0.3) is 0 Å². The summed E-state index contributed by atoms with van der Waals surface area (Å²) in [7, 11) is -10.7. The predicted octanol–water partition coefficient (Wildman–Crippen LogP) is 7.61. The van der Waals surface area contributed by atoms with Crippen LogP contribution in [0.2, 0.25) is 0 Å². The average Bonchev–Trinajstić information content (AvgIpc) is 3.45. The number of aliphatic carboxylic acids is 1. The summed E-state index contributed by atoms with van der Waals surface area (Å²) in [5.41, 5.74) is 0. The number of hydrogen-bond acceptors (Lipinski definition) is 4. The van der Waals surface area contributed by atoms with E-state index in [0.29, 0.717) is 19.4 Å². The van der Waals surface area contributed by atoms with Crippen molar-refractivity contribution in [1.82, 2.24) is 9.88 Å². The zero-order valence-electron chi connectivity index (χ0n) is 22.7. The van der Waals surface area contributed by atoms with Crippen LogP contribution in [0.1, 0.15) is 96.8 Å². The van der Waals surface area contributed by atoms with E-state index in [0.717, 1.165) is 25.9 Å². The molecule has 1 saturated heterocycles. The minimum absolute atomic E-state index is 0.230. The molecule has 0 aliphatic carbocycles. The van der Waals surface area contributed by atoms with Crippen molar-refractivity contribution in [3.8, 4) is 0 Å². The van der Waals surface area contributed by atoms with Crippen LogP contribution in [0.4, 0.5) is 25.2 Å². The minimum atomic E-state index is -10.7. The molecule has 0 spiro atoms. The predicted molar refractivity (Wildman–Crippen MR) is 138 cm³/mol. The summed E-state index contributed by atoms with van der Waals surface area (Å²) in [6.45, 7) is 4.65. The first-order valence-electron chi connectivity index (χ1n) is 13.8. The second-order valence-corrected chi connectivity index (χ2v) is 12.0. The van der Waals surface area contributed by atoms with Crippen molar-refractivity contribution in [2.24, 2.45) is 0 Å². The van der Waals surface area contributed by atoms with Gasteiger partial charge in [0.1, 0.15) is 24.5 Å². The molecule has 39 heavy (non-hydrogen) atoms. The quantitative estimate of drug-likeness (QED) is 0.0600. The summed E-state index contributed by atoms with van der Waals surface area (Å²) in [5, 5.41) is 11.8. The van der Waals surface area contributed by atoms with Gasteiger partial charge in [0, 0.05) is 19.4 Å². The van der Waals surface area contributed by atoms with Crippen LogP contribution < -0.4 is 9.88 Å². The van der Waals surface area contributed by atoms with Crippen molar-refractivity contribution >= 4 is 19.7 Å². The number of carboxylic acid groups (broad SMARTS) is 1. The molecule has 1 aliphatic rings. The number of imidazole rings is 1. The van der Waals surface area contributed by atoms with Crippen LogP contribution in [0, 0.1) is 0 Å². The second kappa shape index (κ2) is 15.8. The van der Waals surface area contributed by atoms with Gasteiger partial charge in [0.05, 0.1) is 13.1 Å². The number of esters is 1. The van der Waals surface area contributed by atoms with Crippen molar-refractivity contribution in [2.75, 3.05) is 6.54 Å². The first kappa shape index (κ1) is 35.1. The number of carbonyl (C=O) groups is 2. The van der Waals surface area contributed by atoms with Crippen molar-refractivity contribution in [2.45, 2.75) is 122 Å². The number of ether oxygens (including phenoxy) is 1. The molecule has 0 bridgehead atoms. The fraction of sp³-hybridized carbons (Fsp3) is 0.800. The SMILES string of the molecule is CCCCCCCCCCCC[n+]1ccn(CCCCC(=O)O[C@H]2CN[C@H](C(=O)O)C2)c1.F[P-](F)(F)(F)(F)F. The molecule has 1 aromatic heterocycles. The number of unbranched alkanes of at least 4 members (excludes halogenated alkanes) is 10. The van der Waals surface area contributed by atoms with Crippen LogP contribution in [0.5, 0.6) is 0 Å². The van der Waals surface area contributed by atoms with E-state index in [1.54, 1.807) is 0 Å². The number of rotatable bonds is 18. The molecular weight excluding hydrogens is 551 g/mol. The molecule has 0 unspecified atom stereocenters. The number of carbonyl (C=O) groups excluding carboxylic acids is 1. The van der Waals surface area contributed by atoms with E-state index >= 15 is 0 Å². The van der Waals surface area contributed by atoms with Crippen LogP contribution in [-0.2, 0) is 27.4 Å². The number of hydrogen-bond donors (Lipinski definition) is 2. The zero-order chi connectivity index (χ0) is 29.4. The number of carboxylic acids is 1. The second-order valence-electron chi connectivity index (χ2n) is 10.1. The molecule has 0 aromatic carbocycles. The Labute approximate surface area is 226 Å². The van der Waals surface area contributed by atoms with Crippen LogP contribution in [0.15, 0.2) is 18.7 Å². The molecule has 1 fully saturated rings. The van der Waals surface area contributed by atoms with Gasteiger partial charge in [-0.05, 0) is 25.7 Å². The molecule has 14 heteroatoms. The average molecular weight is 596 g/mol. The third kappa shape index (κ3) is 22.6. The van der Waals surface area contributed by atoms with Gasteiger partial charge in [0.15, 0.2) is 0 Å². The Hall–Kier alpha value is -1.88. The van der Waals surface area contributed by atoms with Crippen molar-refractivity contribution in [1.29, 1.82) is 0 Å². The summed E-state index contributed by atoms with van der Waals surface area (Å²) in [6, 6.07) is -0.603. The molecule has 7 nitrogen and oxygen atoms in total. The molecule has 2 N–H and O–H groups in total. The Morgan fingerprint density at radius 1 is 0.949 bits per heavy atom. The van der Waals surface area contributed by atoms with Gasteiger partial charge in [0.2, 0.25) is 6.33 Å². The summed E-state index contributed by atoms with van der Waals surface area (Å²) in [5.74, 6) is -1.12. The Kier molecular flexibility index (Phi) is 14.2. The fourth-order valence-corrected chi connectivity index (χ4v) is 4.27. The van der Waals surface area contributed by atoms with Gasteiger partial charge < -0.3 is 15.2 Å². The van der Waals surface area contributed by atoms with E-state index in [1.165, 1.54) is 64.2 Å². The standard InChI is InChI=1S/C25H43N3O4.F6P/c1-2-3-4-5-6-7-8-9-10-12-15-27-17-18-28(21-27)16-13-11-14-24(29)32-22-19-23(25(30)31)26-20-22;1-7(2,3,4,5)6/h17-18,21-23,26H,2-16,19-20H2,1H3;/q;-1/p+1/t22-,23+;/m1./s1. The maximum absolute atomic E-state index is 12.0. The van der Waals surface area contributed by atoms with Gasteiger partial charge >= 0.3 is 44.9 Å². The van der Waals surface area contributed by atoms with Gasteiger partial charge in [-0.2, -0.15) is 0 Å². The molecule has 1 aromatic rings. The normalized spacial score (nSPS) is 19.1. The molecule has 2 rings (SSSR count). The monoisotopic (exact) mass is 595 g/mol. The van der Waals surface area contributed by atoms with E-state index in [-0.39, 0.29) is 12.1 Å². The van der Waals surface area contributed by atoms with Gasteiger partial charge in [-0.1, -0.05) is 58.3 Å². The number of halogens is 6. The fourth-order valence-electron chi connectivity index (χ4n) is 4.27. The molecule has 0 radical (unpaired) electrons. The summed E-state index contributed by atoms with van der Waals surface area (Å²) < 4.78 is 69.0. The van der Waals surface area contributed by atoms with E-state index in [2.05, 4.69) is 40.1 Å². The Balaban J connectivity index is 0.000000956. The summed E-state index contributed by atoms with van der Waals surface area (Å²) in [6.07, 6.45) is 22.1. The first-order chi connectivity index (χ1) is 18.0. The van der Waals surface area contributed by atoms with Crippen molar-refractivity contribution < 1.29 is 49.2 Å². The van der Waals surface area contributed by atoms with E-state index in [9.17, 15) is 34.8 Å². The molecule has 0 amide bonds. The van der Waals surface area contributed by atoms with E-state index < -0.39 is 19.8 Å². The molecule has 2 atom stereocenters. The maximum atomic E-state index is 12.0. The topological polar surface area (TPSA) is 84.4 Å². The number of aryl methyl sites for hydroxylation is 2. The number of aromatic nitrogens is 2. The molecule has 1 aliphatic heterocycles. The van der Waals surface area contributed by atoms with Gasteiger partial charge in [-0.15, -0.1) is 0 Å². The summed E-state index contributed by atoms with van der Waals surface area (Å²) in [4.78, 5) is 22.9. The van der Waals surface area contributed by atoms with Crippen LogP contribution in [-0.4, -0.2) is 40.3 Å². The Bertz CT molecular complexity index is 856. The van der Waals surface area contributed by atoms with E-state index in [1.807, 2.05) is 0 Å². The number of nitrogens with one attached hydrogen (secondary N) is 1. The molecular formula is C25H44F6N3O4P. The molecule has 230 valence electrons. The molecule has 2 heterocycles. The van der Waals surface area contributed by atoms with E-state index in [4.69, 9.17) is 9.84 Å². The van der Waals surface area contributed by atoms with Crippen LogP contribution in [0.3, 0.4) is 0 Å². The van der Waals surface area contributed by atoms with Gasteiger partial charge in [-0.3, -0.25) is 9.59 Å². The first-order valence-corrected chi connectivity index (χ1v) is 15.8. The van der Waals surface area contributed by atoms with Crippen LogP contribution in [0.25, 0.3) is 0 Å². The van der Waals surface area contributed by atoms with Crippen molar-refractivity contribution in [3.63, 3.8) is 0 Å². The summed E-state index contributed by atoms with van der Waals surface area (Å²) >= 11 is 0. The van der Waals surface area contributed by atoms with Crippen LogP contribution >= 0.6 is 7.81 Å². The van der Waals surface area contributed by atoms with Gasteiger partial charge in [-0.25, -0.2) is 9.13 Å². The Morgan fingerprint density at radius 3 is 2.05 bits per heavy atom. The third-order valence-electron chi connectivity index (χ3n) is 6.25. The Morgan fingerprint density at radius 2 is 1.51 bits per heavy atom. The number of nitrogens with zero attached hydrogens (tertiary/aromatic N) is 2. The van der Waals surface area contributed by atoms with Crippen molar-refractivity contribution in [3.05, 3.63) is 18.7 Å². The third-order valence-corrected chi connectivity index (χ3v) is 6.25. The molecule has 0 saturated carbocycles.